The Hall–Kier alpha value is -2.73. The number of carbonyl (C=O) groups excluding carboxylic acids is 2. The van der Waals surface area contributed by atoms with Crippen molar-refractivity contribution >= 4 is 34.9 Å². The van der Waals surface area contributed by atoms with Crippen LogP contribution in [-0.4, -0.2) is 18.5 Å². The minimum Gasteiger partial charge on any atom is -0.482 e. The molecule has 2 aromatic carbocycles. The van der Waals surface area contributed by atoms with Crippen LogP contribution in [0.5, 0.6) is 5.75 Å². The zero-order valence-corrected chi connectivity index (χ0v) is 12.8. The Labute approximate surface area is 137 Å². The van der Waals surface area contributed by atoms with Gasteiger partial charge in [-0.1, -0.05) is 29.8 Å². The molecule has 0 saturated carbocycles. The highest BCUT2D eigenvalue weighted by molar-refractivity contribution is 6.31. The molecule has 3 rings (SSSR count). The Morgan fingerprint density at radius 1 is 1.26 bits per heavy atom. The standard InChI is InChI=1S/C16H14ClN3O3/c17-12-4-2-1-3-10(12)8-18-16(22)19-11-5-6-13-14(7-11)23-9-15(21)20-13/h1-7H,8-9H2,(H,20,21)(H2,18,19,22). The average molecular weight is 332 g/mol. The Bertz CT molecular complexity index is 764. The van der Waals surface area contributed by atoms with Crippen molar-refractivity contribution in [3.63, 3.8) is 0 Å². The normalized spacial score (nSPS) is 12.7. The van der Waals surface area contributed by atoms with Gasteiger partial charge in [-0.3, -0.25) is 4.79 Å². The maximum Gasteiger partial charge on any atom is 0.319 e. The third-order valence-corrected chi connectivity index (χ3v) is 3.64. The molecule has 0 unspecified atom stereocenters. The number of fused-ring (bicyclic) bond motifs is 1. The number of ether oxygens (including phenoxy) is 1. The highest BCUT2D eigenvalue weighted by Gasteiger charge is 2.16. The second-order valence-electron chi connectivity index (χ2n) is 4.95. The number of rotatable bonds is 3. The van der Waals surface area contributed by atoms with E-state index >= 15 is 0 Å². The van der Waals surface area contributed by atoms with Crippen LogP contribution in [0.25, 0.3) is 0 Å². The Morgan fingerprint density at radius 3 is 2.91 bits per heavy atom. The van der Waals surface area contributed by atoms with E-state index in [2.05, 4.69) is 16.0 Å². The summed E-state index contributed by atoms with van der Waals surface area (Å²) in [6.07, 6.45) is 0. The molecule has 0 aromatic heterocycles. The maximum atomic E-state index is 11.9. The molecule has 0 spiro atoms. The fourth-order valence-electron chi connectivity index (χ4n) is 2.14. The molecule has 0 radical (unpaired) electrons. The smallest absolute Gasteiger partial charge is 0.319 e. The van der Waals surface area contributed by atoms with E-state index in [9.17, 15) is 9.59 Å². The lowest BCUT2D eigenvalue weighted by atomic mass is 10.2. The number of hydrogen-bond acceptors (Lipinski definition) is 3. The number of hydrogen-bond donors (Lipinski definition) is 3. The van der Waals surface area contributed by atoms with Crippen LogP contribution in [0.4, 0.5) is 16.2 Å². The Balaban J connectivity index is 1.60. The molecule has 118 valence electrons. The molecule has 0 atom stereocenters. The molecule has 3 N–H and O–H groups in total. The van der Waals surface area contributed by atoms with Crippen molar-refractivity contribution in [1.29, 1.82) is 0 Å². The first kappa shape index (κ1) is 15.2. The van der Waals surface area contributed by atoms with Gasteiger partial charge in [0.1, 0.15) is 5.75 Å². The van der Waals surface area contributed by atoms with E-state index in [1.165, 1.54) is 0 Å². The van der Waals surface area contributed by atoms with Gasteiger partial charge in [-0.2, -0.15) is 0 Å². The van der Waals surface area contributed by atoms with Gasteiger partial charge in [-0.05, 0) is 23.8 Å². The molecule has 1 aliphatic heterocycles. The molecule has 0 bridgehead atoms. The van der Waals surface area contributed by atoms with Crippen LogP contribution >= 0.6 is 11.6 Å². The van der Waals surface area contributed by atoms with E-state index in [0.717, 1.165) is 5.56 Å². The number of halogens is 1. The SMILES string of the molecule is O=C1COc2cc(NC(=O)NCc3ccccc3Cl)ccc2N1. The van der Waals surface area contributed by atoms with E-state index in [1.807, 2.05) is 18.2 Å². The van der Waals surface area contributed by atoms with E-state index < -0.39 is 0 Å². The summed E-state index contributed by atoms with van der Waals surface area (Å²) in [6.45, 7) is 0.290. The summed E-state index contributed by atoms with van der Waals surface area (Å²) in [7, 11) is 0. The lowest BCUT2D eigenvalue weighted by Gasteiger charge is -2.18. The van der Waals surface area contributed by atoms with Crippen molar-refractivity contribution in [1.82, 2.24) is 5.32 Å². The zero-order chi connectivity index (χ0) is 16.2. The van der Waals surface area contributed by atoms with Gasteiger partial charge in [0, 0.05) is 23.3 Å². The highest BCUT2D eigenvalue weighted by atomic mass is 35.5. The van der Waals surface area contributed by atoms with Crippen molar-refractivity contribution < 1.29 is 14.3 Å². The first-order chi connectivity index (χ1) is 11.1. The number of benzene rings is 2. The van der Waals surface area contributed by atoms with E-state index in [4.69, 9.17) is 16.3 Å². The van der Waals surface area contributed by atoms with Gasteiger partial charge in [-0.25, -0.2) is 4.79 Å². The number of nitrogens with one attached hydrogen (secondary N) is 3. The number of amides is 3. The molecular formula is C16H14ClN3O3. The Kier molecular flexibility index (Phi) is 4.34. The number of anilines is 2. The summed E-state index contributed by atoms with van der Waals surface area (Å²) in [5, 5.41) is 8.73. The van der Waals surface area contributed by atoms with Crippen LogP contribution in [0.15, 0.2) is 42.5 Å². The average Bonchev–Trinajstić information content (AvgIpc) is 2.54. The fraction of sp³-hybridized carbons (Fsp3) is 0.125. The minimum atomic E-state index is -0.357. The van der Waals surface area contributed by atoms with Crippen molar-refractivity contribution in [2.24, 2.45) is 0 Å². The molecule has 1 heterocycles. The number of carbonyl (C=O) groups is 2. The van der Waals surface area contributed by atoms with E-state index in [0.29, 0.717) is 28.7 Å². The summed E-state index contributed by atoms with van der Waals surface area (Å²) in [5.41, 5.74) is 1.99. The van der Waals surface area contributed by atoms with Gasteiger partial charge < -0.3 is 20.7 Å². The molecule has 0 aliphatic carbocycles. The van der Waals surface area contributed by atoms with Gasteiger partial charge in [0.15, 0.2) is 6.61 Å². The zero-order valence-electron chi connectivity index (χ0n) is 12.1. The second kappa shape index (κ2) is 6.58. The van der Waals surface area contributed by atoms with Crippen molar-refractivity contribution in [2.75, 3.05) is 17.2 Å². The van der Waals surface area contributed by atoms with Crippen molar-refractivity contribution in [3.8, 4) is 5.75 Å². The summed E-state index contributed by atoms with van der Waals surface area (Å²) >= 11 is 6.04. The number of urea groups is 1. The highest BCUT2D eigenvalue weighted by Crippen LogP contribution is 2.30. The largest absolute Gasteiger partial charge is 0.482 e. The van der Waals surface area contributed by atoms with Gasteiger partial charge >= 0.3 is 6.03 Å². The van der Waals surface area contributed by atoms with E-state index in [1.54, 1.807) is 24.3 Å². The lowest BCUT2D eigenvalue weighted by Crippen LogP contribution is -2.28. The minimum absolute atomic E-state index is 0.0326. The van der Waals surface area contributed by atoms with Gasteiger partial charge in [0.25, 0.3) is 5.91 Å². The van der Waals surface area contributed by atoms with Gasteiger partial charge in [0.2, 0.25) is 0 Å². The van der Waals surface area contributed by atoms with Gasteiger partial charge in [-0.15, -0.1) is 0 Å². The van der Waals surface area contributed by atoms with Crippen LogP contribution in [0.2, 0.25) is 5.02 Å². The molecule has 1 aliphatic rings. The predicted octanol–water partition coefficient (Wildman–Crippen LogP) is 2.99. The van der Waals surface area contributed by atoms with Crippen LogP contribution in [0, 0.1) is 0 Å². The Morgan fingerprint density at radius 2 is 2.09 bits per heavy atom. The predicted molar refractivity (Wildman–Crippen MR) is 87.9 cm³/mol. The summed E-state index contributed by atoms with van der Waals surface area (Å²) in [5.74, 6) is 0.323. The first-order valence-electron chi connectivity index (χ1n) is 6.97. The monoisotopic (exact) mass is 331 g/mol. The molecule has 23 heavy (non-hydrogen) atoms. The lowest BCUT2D eigenvalue weighted by molar-refractivity contribution is -0.118. The second-order valence-corrected chi connectivity index (χ2v) is 5.35. The summed E-state index contributed by atoms with van der Waals surface area (Å²) in [6, 6.07) is 12.0. The van der Waals surface area contributed by atoms with Crippen LogP contribution in [0.3, 0.4) is 0 Å². The first-order valence-corrected chi connectivity index (χ1v) is 7.34. The molecule has 7 heteroatoms. The maximum absolute atomic E-state index is 11.9. The molecule has 0 fully saturated rings. The van der Waals surface area contributed by atoms with Crippen LogP contribution in [0.1, 0.15) is 5.56 Å². The molecular weight excluding hydrogens is 318 g/mol. The molecule has 0 saturated heterocycles. The fourth-order valence-corrected chi connectivity index (χ4v) is 2.35. The van der Waals surface area contributed by atoms with Crippen molar-refractivity contribution in [2.45, 2.75) is 6.54 Å². The topological polar surface area (TPSA) is 79.5 Å². The van der Waals surface area contributed by atoms with Gasteiger partial charge in [0.05, 0.1) is 5.69 Å². The summed E-state index contributed by atoms with van der Waals surface area (Å²) < 4.78 is 5.30. The van der Waals surface area contributed by atoms with Crippen molar-refractivity contribution in [3.05, 3.63) is 53.1 Å². The molecule has 6 nitrogen and oxygen atoms in total. The summed E-state index contributed by atoms with van der Waals surface area (Å²) in [4.78, 5) is 23.2. The molecule has 3 amide bonds. The van der Waals surface area contributed by atoms with Crippen LogP contribution < -0.4 is 20.7 Å². The molecule has 2 aromatic rings. The van der Waals surface area contributed by atoms with Crippen LogP contribution in [-0.2, 0) is 11.3 Å². The third-order valence-electron chi connectivity index (χ3n) is 3.27. The quantitative estimate of drug-likeness (QED) is 0.809. The third kappa shape index (κ3) is 3.73. The van der Waals surface area contributed by atoms with E-state index in [-0.39, 0.29) is 18.5 Å².